The molecule has 0 unspecified atom stereocenters. The van der Waals surface area contributed by atoms with Gasteiger partial charge in [-0.15, -0.1) is 0 Å². The van der Waals surface area contributed by atoms with Gasteiger partial charge in [0.15, 0.2) is 6.10 Å². The van der Waals surface area contributed by atoms with Gasteiger partial charge >= 0.3 is 5.97 Å². The Morgan fingerprint density at radius 1 is 1.13 bits per heavy atom. The number of ether oxygens (including phenoxy) is 2. The van der Waals surface area contributed by atoms with Crippen LogP contribution in [-0.2, 0) is 25.5 Å². The summed E-state index contributed by atoms with van der Waals surface area (Å²) in [5.41, 5.74) is 4.30. The Morgan fingerprint density at radius 2 is 1.87 bits per heavy atom. The van der Waals surface area contributed by atoms with Gasteiger partial charge in [0, 0.05) is 35.4 Å². The summed E-state index contributed by atoms with van der Waals surface area (Å²) in [6.07, 6.45) is 0.695. The zero-order chi connectivity index (χ0) is 21.8. The Labute approximate surface area is 180 Å². The standard InChI is InChI=1S/C24H26N2O5/c1-16-3-8-21-18(15-30-22(21)13-16)14-23(27)31-17(2)24(28)25-19-4-6-20(7-5-19)26-9-11-29-12-10-26/h3-8,13,15,17H,9-12,14H2,1-2H3,(H,25,28)/t17-/m1/s1. The van der Waals surface area contributed by atoms with Crippen LogP contribution in [-0.4, -0.2) is 44.3 Å². The van der Waals surface area contributed by atoms with Gasteiger partial charge in [0.25, 0.3) is 5.91 Å². The van der Waals surface area contributed by atoms with Crippen LogP contribution in [0.2, 0.25) is 0 Å². The molecule has 31 heavy (non-hydrogen) atoms. The van der Waals surface area contributed by atoms with Crippen LogP contribution in [0.25, 0.3) is 11.0 Å². The van der Waals surface area contributed by atoms with Crippen LogP contribution in [0.5, 0.6) is 0 Å². The number of carbonyl (C=O) groups excluding carboxylic acids is 2. The lowest BCUT2D eigenvalue weighted by atomic mass is 10.1. The first-order valence-corrected chi connectivity index (χ1v) is 10.4. The van der Waals surface area contributed by atoms with Crippen molar-refractivity contribution in [2.45, 2.75) is 26.4 Å². The third kappa shape index (κ3) is 5.06. The Bertz CT molecular complexity index is 1070. The number of benzene rings is 2. The number of morpholine rings is 1. The summed E-state index contributed by atoms with van der Waals surface area (Å²) in [5, 5.41) is 3.67. The van der Waals surface area contributed by atoms with Crippen molar-refractivity contribution in [2.24, 2.45) is 0 Å². The van der Waals surface area contributed by atoms with E-state index in [0.717, 1.165) is 54.1 Å². The maximum Gasteiger partial charge on any atom is 0.311 e. The van der Waals surface area contributed by atoms with E-state index in [1.54, 1.807) is 13.2 Å². The quantitative estimate of drug-likeness (QED) is 0.610. The number of hydrogen-bond acceptors (Lipinski definition) is 6. The van der Waals surface area contributed by atoms with E-state index in [4.69, 9.17) is 13.9 Å². The van der Waals surface area contributed by atoms with Crippen molar-refractivity contribution in [2.75, 3.05) is 36.5 Å². The normalized spacial score (nSPS) is 15.0. The molecule has 1 aliphatic heterocycles. The summed E-state index contributed by atoms with van der Waals surface area (Å²) in [6, 6.07) is 13.4. The maximum atomic E-state index is 12.5. The molecule has 0 bridgehead atoms. The van der Waals surface area contributed by atoms with Gasteiger partial charge in [0.2, 0.25) is 0 Å². The second-order valence-electron chi connectivity index (χ2n) is 7.70. The molecule has 1 amide bonds. The lowest BCUT2D eigenvalue weighted by Gasteiger charge is -2.28. The van der Waals surface area contributed by atoms with Gasteiger partial charge in [-0.2, -0.15) is 0 Å². The Morgan fingerprint density at radius 3 is 2.61 bits per heavy atom. The first-order valence-electron chi connectivity index (χ1n) is 10.4. The van der Waals surface area contributed by atoms with E-state index in [1.165, 1.54) is 0 Å². The molecule has 2 aromatic carbocycles. The summed E-state index contributed by atoms with van der Waals surface area (Å²) in [5.74, 6) is -0.853. The molecular formula is C24H26N2O5. The predicted octanol–water partition coefficient (Wildman–Crippen LogP) is 3.69. The largest absolute Gasteiger partial charge is 0.464 e. The third-order valence-electron chi connectivity index (χ3n) is 5.33. The molecule has 0 aliphatic carbocycles. The van der Waals surface area contributed by atoms with E-state index in [9.17, 15) is 9.59 Å². The second-order valence-corrected chi connectivity index (χ2v) is 7.70. The minimum atomic E-state index is -0.910. The van der Waals surface area contributed by atoms with Crippen LogP contribution in [0.1, 0.15) is 18.1 Å². The topological polar surface area (TPSA) is 81.0 Å². The SMILES string of the molecule is Cc1ccc2c(CC(=O)O[C@H](C)C(=O)Nc3ccc(N4CCOCC4)cc3)coc2c1. The van der Waals surface area contributed by atoms with Gasteiger partial charge in [-0.05, 0) is 49.7 Å². The van der Waals surface area contributed by atoms with Crippen LogP contribution in [0, 0.1) is 6.92 Å². The van der Waals surface area contributed by atoms with Gasteiger partial charge < -0.3 is 24.1 Å². The molecular weight excluding hydrogens is 396 g/mol. The molecule has 2 heterocycles. The number of nitrogens with one attached hydrogen (secondary N) is 1. The molecule has 7 heteroatoms. The lowest BCUT2D eigenvalue weighted by Crippen LogP contribution is -2.36. The van der Waals surface area contributed by atoms with Crippen molar-refractivity contribution >= 4 is 34.2 Å². The van der Waals surface area contributed by atoms with Crippen LogP contribution in [0.4, 0.5) is 11.4 Å². The minimum Gasteiger partial charge on any atom is -0.464 e. The van der Waals surface area contributed by atoms with Crippen molar-refractivity contribution < 1.29 is 23.5 Å². The number of carbonyl (C=O) groups is 2. The average Bonchev–Trinajstić information content (AvgIpc) is 3.16. The summed E-state index contributed by atoms with van der Waals surface area (Å²) < 4.78 is 16.2. The fraction of sp³-hybridized carbons (Fsp3) is 0.333. The summed E-state index contributed by atoms with van der Waals surface area (Å²) >= 11 is 0. The van der Waals surface area contributed by atoms with E-state index in [0.29, 0.717) is 5.69 Å². The number of hydrogen-bond donors (Lipinski definition) is 1. The van der Waals surface area contributed by atoms with Crippen molar-refractivity contribution in [1.82, 2.24) is 0 Å². The number of aryl methyl sites for hydroxylation is 1. The summed E-state index contributed by atoms with van der Waals surface area (Å²) in [4.78, 5) is 27.0. The number of nitrogens with zero attached hydrogens (tertiary/aromatic N) is 1. The van der Waals surface area contributed by atoms with E-state index in [2.05, 4.69) is 10.2 Å². The molecule has 3 aromatic rings. The monoisotopic (exact) mass is 422 g/mol. The fourth-order valence-corrected chi connectivity index (χ4v) is 3.60. The molecule has 1 N–H and O–H groups in total. The molecule has 1 saturated heterocycles. The second kappa shape index (κ2) is 9.22. The highest BCUT2D eigenvalue weighted by Crippen LogP contribution is 2.23. The Balaban J connectivity index is 1.31. The summed E-state index contributed by atoms with van der Waals surface area (Å²) in [6.45, 7) is 6.68. The van der Waals surface area contributed by atoms with Gasteiger partial charge in [-0.1, -0.05) is 12.1 Å². The first kappa shape index (κ1) is 20.9. The van der Waals surface area contributed by atoms with E-state index in [-0.39, 0.29) is 12.3 Å². The maximum absolute atomic E-state index is 12.5. The van der Waals surface area contributed by atoms with Crippen molar-refractivity contribution in [3.8, 4) is 0 Å². The third-order valence-corrected chi connectivity index (χ3v) is 5.33. The van der Waals surface area contributed by atoms with Crippen molar-refractivity contribution in [3.63, 3.8) is 0 Å². The number of anilines is 2. The molecule has 162 valence electrons. The van der Waals surface area contributed by atoms with Crippen LogP contribution < -0.4 is 10.2 Å². The van der Waals surface area contributed by atoms with E-state index >= 15 is 0 Å². The van der Waals surface area contributed by atoms with Crippen molar-refractivity contribution in [3.05, 3.63) is 59.9 Å². The van der Waals surface area contributed by atoms with Crippen LogP contribution in [0.3, 0.4) is 0 Å². The van der Waals surface area contributed by atoms with Gasteiger partial charge in [-0.3, -0.25) is 9.59 Å². The lowest BCUT2D eigenvalue weighted by molar-refractivity contribution is -0.152. The number of amides is 1. The molecule has 0 saturated carbocycles. The molecule has 1 fully saturated rings. The fourth-order valence-electron chi connectivity index (χ4n) is 3.60. The highest BCUT2D eigenvalue weighted by atomic mass is 16.5. The number of esters is 1. The zero-order valence-corrected chi connectivity index (χ0v) is 17.7. The predicted molar refractivity (Wildman–Crippen MR) is 118 cm³/mol. The van der Waals surface area contributed by atoms with Gasteiger partial charge in [-0.25, -0.2) is 0 Å². The van der Waals surface area contributed by atoms with Gasteiger partial charge in [0.1, 0.15) is 5.58 Å². The number of furan rings is 1. The van der Waals surface area contributed by atoms with Gasteiger partial charge in [0.05, 0.1) is 25.9 Å². The van der Waals surface area contributed by atoms with E-state index < -0.39 is 12.1 Å². The molecule has 1 aliphatic rings. The highest BCUT2D eigenvalue weighted by molar-refractivity contribution is 5.95. The zero-order valence-electron chi connectivity index (χ0n) is 17.7. The Hall–Kier alpha value is -3.32. The van der Waals surface area contributed by atoms with Crippen molar-refractivity contribution in [1.29, 1.82) is 0 Å². The minimum absolute atomic E-state index is 0.0436. The van der Waals surface area contributed by atoms with Crippen LogP contribution >= 0.6 is 0 Å². The molecule has 4 rings (SSSR count). The summed E-state index contributed by atoms with van der Waals surface area (Å²) in [7, 11) is 0. The molecule has 7 nitrogen and oxygen atoms in total. The van der Waals surface area contributed by atoms with E-state index in [1.807, 2.05) is 49.4 Å². The average molecular weight is 422 g/mol. The van der Waals surface area contributed by atoms with Crippen LogP contribution in [0.15, 0.2) is 53.1 Å². The smallest absolute Gasteiger partial charge is 0.311 e. The molecule has 1 aromatic heterocycles. The first-order chi connectivity index (χ1) is 15.0. The number of rotatable bonds is 6. The highest BCUT2D eigenvalue weighted by Gasteiger charge is 2.20. The molecule has 0 radical (unpaired) electrons. The molecule has 0 spiro atoms. The Kier molecular flexibility index (Phi) is 6.23. The number of fused-ring (bicyclic) bond motifs is 1. The molecule has 1 atom stereocenters.